The van der Waals surface area contributed by atoms with Gasteiger partial charge in [-0.2, -0.15) is 0 Å². The molecule has 0 N–H and O–H groups in total. The molecule has 94 valence electrons. The fraction of sp³-hybridized carbons (Fsp3) is 0.143. The summed E-state index contributed by atoms with van der Waals surface area (Å²) in [5.74, 6) is 0.846. The molecule has 0 bridgehead atoms. The van der Waals surface area contributed by atoms with E-state index < -0.39 is 0 Å². The number of ether oxygens (including phenoxy) is 1. The van der Waals surface area contributed by atoms with E-state index in [1.807, 2.05) is 42.5 Å². The number of benzene rings is 2. The van der Waals surface area contributed by atoms with Gasteiger partial charge in [0.25, 0.3) is 0 Å². The van der Waals surface area contributed by atoms with Crippen LogP contribution in [-0.2, 0) is 0 Å². The van der Waals surface area contributed by atoms with Crippen molar-refractivity contribution in [3.63, 3.8) is 0 Å². The summed E-state index contributed by atoms with van der Waals surface area (Å²) < 4.78 is 6.16. The van der Waals surface area contributed by atoms with Crippen LogP contribution in [0, 0.1) is 0 Å². The fourth-order valence-electron chi connectivity index (χ4n) is 1.66. The van der Waals surface area contributed by atoms with Crippen molar-refractivity contribution in [1.29, 1.82) is 0 Å². The van der Waals surface area contributed by atoms with Crippen molar-refractivity contribution in [2.45, 2.75) is 4.83 Å². The van der Waals surface area contributed by atoms with E-state index in [9.17, 15) is 0 Å². The Bertz CT molecular complexity index is 540. The molecular weight excluding hydrogens is 379 g/mol. The zero-order valence-electron chi connectivity index (χ0n) is 9.66. The summed E-state index contributed by atoms with van der Waals surface area (Å²) in [6, 6.07) is 13.8. The topological polar surface area (TPSA) is 9.23 Å². The summed E-state index contributed by atoms with van der Waals surface area (Å²) in [4.78, 5) is 0.0633. The normalized spacial score (nSPS) is 12.2. The second-order valence-corrected chi connectivity index (χ2v) is 6.04. The lowest BCUT2D eigenvalue weighted by Crippen LogP contribution is -1.94. The van der Waals surface area contributed by atoms with E-state index in [-0.39, 0.29) is 4.83 Å². The van der Waals surface area contributed by atoms with Gasteiger partial charge in [0.15, 0.2) is 0 Å². The zero-order valence-corrected chi connectivity index (χ0v) is 13.6. The number of halogens is 3. The number of hydrogen-bond acceptors (Lipinski definition) is 1. The molecule has 0 heterocycles. The van der Waals surface area contributed by atoms with E-state index in [2.05, 4.69) is 31.9 Å². The van der Waals surface area contributed by atoms with Gasteiger partial charge in [-0.1, -0.05) is 55.6 Å². The molecule has 0 saturated carbocycles. The first-order chi connectivity index (χ1) is 8.61. The first kappa shape index (κ1) is 13.9. The van der Waals surface area contributed by atoms with Crippen molar-refractivity contribution in [3.8, 4) is 5.75 Å². The van der Waals surface area contributed by atoms with Gasteiger partial charge in [-0.25, -0.2) is 0 Å². The molecule has 1 atom stereocenters. The molecule has 0 aliphatic rings. The van der Waals surface area contributed by atoms with Gasteiger partial charge >= 0.3 is 0 Å². The molecule has 0 aliphatic carbocycles. The van der Waals surface area contributed by atoms with E-state index >= 15 is 0 Å². The Hall–Kier alpha value is -0.510. The van der Waals surface area contributed by atoms with Crippen LogP contribution in [0.25, 0.3) is 0 Å². The average Bonchev–Trinajstić information content (AvgIpc) is 2.41. The summed E-state index contributed by atoms with van der Waals surface area (Å²) >= 11 is 13.4. The molecule has 2 aromatic carbocycles. The van der Waals surface area contributed by atoms with Gasteiger partial charge in [-0.3, -0.25) is 0 Å². The molecule has 0 amide bonds. The van der Waals surface area contributed by atoms with Crippen LogP contribution in [0.4, 0.5) is 0 Å². The third-order valence-corrected chi connectivity index (χ3v) is 4.50. The van der Waals surface area contributed by atoms with Crippen LogP contribution in [0.2, 0.25) is 5.02 Å². The number of rotatable bonds is 3. The molecule has 2 rings (SSSR count). The van der Waals surface area contributed by atoms with Crippen molar-refractivity contribution in [1.82, 2.24) is 0 Å². The molecular formula is C14H11Br2ClO. The Labute approximate surface area is 128 Å². The molecule has 0 aliphatic heterocycles. The molecule has 4 heteroatoms. The van der Waals surface area contributed by atoms with E-state index in [0.717, 1.165) is 26.4 Å². The maximum Gasteiger partial charge on any atom is 0.118 e. The monoisotopic (exact) mass is 388 g/mol. The summed E-state index contributed by atoms with van der Waals surface area (Å²) in [6.45, 7) is 0. The standard InChI is InChI=1S/C14H11Br2ClO/c1-18-11-5-2-9(3-6-11)14(16)12-8-10(15)4-7-13(12)17/h2-8,14H,1H3. The van der Waals surface area contributed by atoms with Gasteiger partial charge in [-0.05, 0) is 41.5 Å². The fourth-order valence-corrected chi connectivity index (χ4v) is 3.08. The first-order valence-electron chi connectivity index (χ1n) is 5.35. The molecule has 0 spiro atoms. The predicted octanol–water partition coefficient (Wildman–Crippen LogP) is 5.60. The van der Waals surface area contributed by atoms with Crippen molar-refractivity contribution in [2.75, 3.05) is 7.11 Å². The number of alkyl halides is 1. The second kappa shape index (κ2) is 6.09. The first-order valence-corrected chi connectivity index (χ1v) is 7.43. The Morgan fingerprint density at radius 1 is 1.11 bits per heavy atom. The van der Waals surface area contributed by atoms with Gasteiger partial charge < -0.3 is 4.74 Å². The molecule has 0 radical (unpaired) electrons. The van der Waals surface area contributed by atoms with Crippen LogP contribution >= 0.6 is 43.5 Å². The van der Waals surface area contributed by atoms with Crippen LogP contribution in [0.5, 0.6) is 5.75 Å². The molecule has 0 fully saturated rings. The minimum absolute atomic E-state index is 0.0633. The Morgan fingerprint density at radius 3 is 2.39 bits per heavy atom. The highest BCUT2D eigenvalue weighted by Gasteiger charge is 2.14. The molecule has 1 nitrogen and oxygen atoms in total. The molecule has 1 unspecified atom stereocenters. The van der Waals surface area contributed by atoms with Crippen molar-refractivity contribution in [3.05, 3.63) is 63.1 Å². The Balaban J connectivity index is 2.34. The zero-order chi connectivity index (χ0) is 13.1. The number of hydrogen-bond donors (Lipinski definition) is 0. The van der Waals surface area contributed by atoms with Gasteiger partial charge in [0.2, 0.25) is 0 Å². The SMILES string of the molecule is COc1ccc(C(Br)c2cc(Br)ccc2Cl)cc1. The van der Waals surface area contributed by atoms with Gasteiger partial charge in [0, 0.05) is 9.50 Å². The van der Waals surface area contributed by atoms with E-state index in [1.54, 1.807) is 7.11 Å². The van der Waals surface area contributed by atoms with Gasteiger partial charge in [0.1, 0.15) is 5.75 Å². The van der Waals surface area contributed by atoms with E-state index in [0.29, 0.717) is 0 Å². The van der Waals surface area contributed by atoms with Gasteiger partial charge in [-0.15, -0.1) is 0 Å². The lowest BCUT2D eigenvalue weighted by atomic mass is 10.0. The summed E-state index contributed by atoms with van der Waals surface area (Å²) in [5.41, 5.74) is 2.17. The number of methoxy groups -OCH3 is 1. The lowest BCUT2D eigenvalue weighted by Gasteiger charge is -2.13. The Morgan fingerprint density at radius 2 is 1.78 bits per heavy atom. The van der Waals surface area contributed by atoms with E-state index in [1.165, 1.54) is 0 Å². The summed E-state index contributed by atoms with van der Waals surface area (Å²) in [5, 5.41) is 0.746. The van der Waals surface area contributed by atoms with E-state index in [4.69, 9.17) is 16.3 Å². The minimum Gasteiger partial charge on any atom is -0.497 e. The minimum atomic E-state index is 0.0633. The maximum atomic E-state index is 6.22. The van der Waals surface area contributed by atoms with Crippen LogP contribution < -0.4 is 4.74 Å². The van der Waals surface area contributed by atoms with Gasteiger partial charge in [0.05, 0.1) is 11.9 Å². The van der Waals surface area contributed by atoms with Crippen LogP contribution in [0.1, 0.15) is 16.0 Å². The quantitative estimate of drug-likeness (QED) is 0.620. The third-order valence-electron chi connectivity index (χ3n) is 2.64. The molecule has 18 heavy (non-hydrogen) atoms. The van der Waals surface area contributed by atoms with Crippen molar-refractivity contribution in [2.24, 2.45) is 0 Å². The van der Waals surface area contributed by atoms with Crippen LogP contribution in [0.3, 0.4) is 0 Å². The average molecular weight is 391 g/mol. The predicted molar refractivity (Wildman–Crippen MR) is 82.9 cm³/mol. The van der Waals surface area contributed by atoms with Crippen molar-refractivity contribution >= 4 is 43.5 Å². The highest BCUT2D eigenvalue weighted by molar-refractivity contribution is 9.10. The smallest absolute Gasteiger partial charge is 0.118 e. The maximum absolute atomic E-state index is 6.22. The summed E-state index contributed by atoms with van der Waals surface area (Å²) in [7, 11) is 1.66. The molecule has 2 aromatic rings. The highest BCUT2D eigenvalue weighted by Crippen LogP contribution is 2.37. The molecule has 0 saturated heterocycles. The second-order valence-electron chi connectivity index (χ2n) is 3.80. The molecule has 0 aromatic heterocycles. The highest BCUT2D eigenvalue weighted by atomic mass is 79.9. The largest absolute Gasteiger partial charge is 0.497 e. The third kappa shape index (κ3) is 3.08. The van der Waals surface area contributed by atoms with Crippen LogP contribution in [0.15, 0.2) is 46.9 Å². The Kier molecular flexibility index (Phi) is 4.71. The lowest BCUT2D eigenvalue weighted by molar-refractivity contribution is 0.414. The van der Waals surface area contributed by atoms with Crippen molar-refractivity contribution < 1.29 is 4.74 Å². The summed E-state index contributed by atoms with van der Waals surface area (Å²) in [6.07, 6.45) is 0. The van der Waals surface area contributed by atoms with Crippen LogP contribution in [-0.4, -0.2) is 7.11 Å².